The molecule has 4 heteroatoms. The van der Waals surface area contributed by atoms with Crippen LogP contribution in [0.4, 0.5) is 0 Å². The van der Waals surface area contributed by atoms with Gasteiger partial charge in [0.2, 0.25) is 0 Å². The van der Waals surface area contributed by atoms with Gasteiger partial charge >= 0.3 is 0 Å². The van der Waals surface area contributed by atoms with Gasteiger partial charge in [-0.3, -0.25) is 4.68 Å². The van der Waals surface area contributed by atoms with Crippen LogP contribution in [0.2, 0.25) is 0 Å². The van der Waals surface area contributed by atoms with E-state index in [2.05, 4.69) is 28.0 Å². The van der Waals surface area contributed by atoms with Crippen molar-refractivity contribution in [2.24, 2.45) is 24.6 Å². The monoisotopic (exact) mass is 313 g/mol. The smallest absolute Gasteiger partial charge is 0.0738 e. The zero-order chi connectivity index (χ0) is 13.3. The zero-order valence-corrected chi connectivity index (χ0v) is 13.2. The largest absolute Gasteiger partial charge is 0.327 e. The summed E-state index contributed by atoms with van der Waals surface area (Å²) in [5, 5.41) is 4.44. The Morgan fingerprint density at radius 3 is 2.50 bits per heavy atom. The van der Waals surface area contributed by atoms with Crippen molar-refractivity contribution >= 4 is 15.9 Å². The normalized spacial score (nSPS) is 26.3. The van der Waals surface area contributed by atoms with Crippen molar-refractivity contribution in [3.8, 4) is 0 Å². The van der Waals surface area contributed by atoms with Crippen LogP contribution in [0, 0.1) is 18.8 Å². The molecular formula is C14H24BrN3. The molecule has 1 fully saturated rings. The van der Waals surface area contributed by atoms with Crippen LogP contribution in [-0.2, 0) is 13.5 Å². The molecule has 1 aromatic rings. The van der Waals surface area contributed by atoms with Gasteiger partial charge in [0, 0.05) is 19.5 Å². The number of nitrogens with two attached hydrogens (primary N) is 1. The van der Waals surface area contributed by atoms with E-state index in [4.69, 9.17) is 5.73 Å². The molecule has 0 spiro atoms. The predicted molar refractivity (Wildman–Crippen MR) is 78.4 cm³/mol. The molecule has 0 bridgehead atoms. The first-order valence-corrected chi connectivity index (χ1v) is 7.72. The summed E-state index contributed by atoms with van der Waals surface area (Å²) in [6, 6.07) is 0.267. The molecule has 18 heavy (non-hydrogen) atoms. The molecule has 102 valence electrons. The number of halogens is 1. The topological polar surface area (TPSA) is 43.8 Å². The Kier molecular flexibility index (Phi) is 4.49. The summed E-state index contributed by atoms with van der Waals surface area (Å²) in [7, 11) is 2.00. The average Bonchev–Trinajstić information content (AvgIpc) is 2.57. The van der Waals surface area contributed by atoms with Crippen molar-refractivity contribution in [1.82, 2.24) is 9.78 Å². The summed E-state index contributed by atoms with van der Waals surface area (Å²) in [6.45, 7) is 4.38. The fourth-order valence-corrected chi connectivity index (χ4v) is 3.50. The van der Waals surface area contributed by atoms with Crippen LogP contribution < -0.4 is 5.73 Å². The minimum Gasteiger partial charge on any atom is -0.327 e. The van der Waals surface area contributed by atoms with Crippen LogP contribution >= 0.6 is 15.9 Å². The van der Waals surface area contributed by atoms with Gasteiger partial charge in [-0.15, -0.1) is 0 Å². The molecule has 2 rings (SSSR count). The lowest BCUT2D eigenvalue weighted by atomic mass is 9.78. The van der Waals surface area contributed by atoms with Gasteiger partial charge in [-0.05, 0) is 47.5 Å². The Balaban J connectivity index is 2.00. The third-order valence-electron chi connectivity index (χ3n) is 4.36. The lowest BCUT2D eigenvalue weighted by Gasteiger charge is -2.30. The second-order valence-electron chi connectivity index (χ2n) is 5.86. The minimum absolute atomic E-state index is 0.267. The first-order chi connectivity index (χ1) is 8.49. The molecule has 1 unspecified atom stereocenters. The molecule has 2 N–H and O–H groups in total. The van der Waals surface area contributed by atoms with E-state index in [0.717, 1.165) is 22.5 Å². The maximum absolute atomic E-state index is 6.41. The maximum Gasteiger partial charge on any atom is 0.0738 e. The van der Waals surface area contributed by atoms with Gasteiger partial charge < -0.3 is 5.73 Å². The SMILES string of the molecule is Cc1nn(C)c(CC(N)C2CCC(C)CC2)c1Br. The molecule has 1 atom stereocenters. The van der Waals surface area contributed by atoms with E-state index in [1.54, 1.807) is 0 Å². The van der Waals surface area contributed by atoms with Gasteiger partial charge in [-0.2, -0.15) is 5.10 Å². The number of rotatable bonds is 3. The molecule has 0 aromatic carbocycles. The number of nitrogens with zero attached hydrogens (tertiary/aromatic N) is 2. The van der Waals surface area contributed by atoms with Crippen LogP contribution in [0.1, 0.15) is 44.0 Å². The average molecular weight is 314 g/mol. The van der Waals surface area contributed by atoms with Crippen LogP contribution in [0.25, 0.3) is 0 Å². The highest BCUT2D eigenvalue weighted by atomic mass is 79.9. The Labute approximate surface area is 118 Å². The van der Waals surface area contributed by atoms with Gasteiger partial charge in [0.1, 0.15) is 0 Å². The highest BCUT2D eigenvalue weighted by Crippen LogP contribution is 2.31. The number of aromatic nitrogens is 2. The van der Waals surface area contributed by atoms with E-state index in [1.807, 2.05) is 18.7 Å². The molecule has 0 radical (unpaired) electrons. The highest BCUT2D eigenvalue weighted by Gasteiger charge is 2.25. The molecule has 0 amide bonds. The third kappa shape index (κ3) is 2.97. The van der Waals surface area contributed by atoms with E-state index >= 15 is 0 Å². The van der Waals surface area contributed by atoms with Gasteiger partial charge in [0.15, 0.2) is 0 Å². The fourth-order valence-electron chi connectivity index (χ4n) is 3.01. The van der Waals surface area contributed by atoms with Crippen LogP contribution in [0.15, 0.2) is 4.47 Å². The lowest BCUT2D eigenvalue weighted by Crippen LogP contribution is -2.35. The van der Waals surface area contributed by atoms with E-state index in [1.165, 1.54) is 31.4 Å². The van der Waals surface area contributed by atoms with E-state index in [0.29, 0.717) is 5.92 Å². The first-order valence-electron chi connectivity index (χ1n) is 6.92. The van der Waals surface area contributed by atoms with Crippen LogP contribution in [0.5, 0.6) is 0 Å². The predicted octanol–water partition coefficient (Wildman–Crippen LogP) is 3.19. The molecule has 0 aliphatic heterocycles. The zero-order valence-electron chi connectivity index (χ0n) is 11.6. The standard InChI is InChI=1S/C14H24BrN3/c1-9-4-6-11(7-5-9)12(16)8-13-14(15)10(2)17-18(13)3/h9,11-12H,4-8,16H2,1-3H3. The van der Waals surface area contributed by atoms with E-state index in [-0.39, 0.29) is 6.04 Å². The number of hydrogen-bond donors (Lipinski definition) is 1. The van der Waals surface area contributed by atoms with Crippen LogP contribution in [0.3, 0.4) is 0 Å². The molecule has 1 aromatic heterocycles. The first kappa shape index (κ1) is 14.1. The minimum atomic E-state index is 0.267. The number of aryl methyl sites for hydroxylation is 2. The summed E-state index contributed by atoms with van der Waals surface area (Å²) >= 11 is 3.62. The van der Waals surface area contributed by atoms with Gasteiger partial charge in [-0.1, -0.05) is 19.8 Å². The van der Waals surface area contributed by atoms with E-state index in [9.17, 15) is 0 Å². The molecule has 1 saturated carbocycles. The Morgan fingerprint density at radius 1 is 1.39 bits per heavy atom. The Hall–Kier alpha value is -0.350. The quantitative estimate of drug-likeness (QED) is 0.931. The molecule has 0 saturated heterocycles. The van der Waals surface area contributed by atoms with E-state index < -0.39 is 0 Å². The number of hydrogen-bond acceptors (Lipinski definition) is 2. The van der Waals surface area contributed by atoms with Crippen LogP contribution in [-0.4, -0.2) is 15.8 Å². The second-order valence-corrected chi connectivity index (χ2v) is 6.65. The summed E-state index contributed by atoms with van der Waals surface area (Å²) < 4.78 is 3.09. The van der Waals surface area contributed by atoms with Crippen molar-refractivity contribution in [3.63, 3.8) is 0 Å². The molecule has 3 nitrogen and oxygen atoms in total. The summed E-state index contributed by atoms with van der Waals surface area (Å²) in [5.74, 6) is 1.57. The Bertz CT molecular complexity index is 405. The Morgan fingerprint density at radius 2 is 2.00 bits per heavy atom. The third-order valence-corrected chi connectivity index (χ3v) is 5.39. The molecule has 1 aliphatic carbocycles. The maximum atomic E-state index is 6.41. The van der Waals surface area contributed by atoms with Gasteiger partial charge in [-0.25, -0.2) is 0 Å². The molecular weight excluding hydrogens is 290 g/mol. The fraction of sp³-hybridized carbons (Fsp3) is 0.786. The van der Waals surface area contributed by atoms with Crippen molar-refractivity contribution in [3.05, 3.63) is 15.9 Å². The van der Waals surface area contributed by atoms with Crippen molar-refractivity contribution in [2.75, 3.05) is 0 Å². The second kappa shape index (κ2) is 5.74. The summed E-state index contributed by atoms with van der Waals surface area (Å²) in [6.07, 6.45) is 6.18. The van der Waals surface area contributed by atoms with Gasteiger partial charge in [0.05, 0.1) is 15.9 Å². The van der Waals surface area contributed by atoms with Crippen molar-refractivity contribution in [2.45, 2.75) is 52.0 Å². The highest BCUT2D eigenvalue weighted by molar-refractivity contribution is 9.10. The summed E-state index contributed by atoms with van der Waals surface area (Å²) in [5.41, 5.74) is 8.70. The van der Waals surface area contributed by atoms with Crippen molar-refractivity contribution in [1.29, 1.82) is 0 Å². The van der Waals surface area contributed by atoms with Gasteiger partial charge in [0.25, 0.3) is 0 Å². The lowest BCUT2D eigenvalue weighted by molar-refractivity contribution is 0.252. The summed E-state index contributed by atoms with van der Waals surface area (Å²) in [4.78, 5) is 0. The van der Waals surface area contributed by atoms with Crippen molar-refractivity contribution < 1.29 is 0 Å². The molecule has 1 aliphatic rings. The molecule has 1 heterocycles.